The van der Waals surface area contributed by atoms with E-state index < -0.39 is 0 Å². The van der Waals surface area contributed by atoms with Gasteiger partial charge in [0.1, 0.15) is 6.04 Å². The Balaban J connectivity index is 1.51. The minimum absolute atomic E-state index is 0.0338. The second-order valence-corrected chi connectivity index (χ2v) is 8.62. The zero-order valence-corrected chi connectivity index (χ0v) is 19.6. The van der Waals surface area contributed by atoms with Crippen LogP contribution in [0.4, 0.5) is 11.4 Å². The standard InChI is InChI=1S/C25H29N5O2S/c1-31-16-13-29-12-4-6-22(29)24-23(21-5-2-3-11-26-21)27-25(33)30(24)20-9-7-19(8-10-20)28-14-17-32-18-15-28/h2-12,23-24H,13-18H2,1H3,(H,27,33). The lowest BCUT2D eigenvalue weighted by molar-refractivity contribution is 0.122. The molecule has 5 rings (SSSR count). The van der Waals surface area contributed by atoms with Crippen LogP contribution in [0, 0.1) is 0 Å². The molecule has 2 saturated heterocycles. The Morgan fingerprint density at radius 3 is 2.58 bits per heavy atom. The number of thiocarbonyl (C=S) groups is 1. The summed E-state index contributed by atoms with van der Waals surface area (Å²) in [5.41, 5.74) is 4.41. The second-order valence-electron chi connectivity index (χ2n) is 8.23. The Bertz CT molecular complexity index is 1070. The number of nitrogens with zero attached hydrogens (tertiary/aromatic N) is 4. The molecule has 3 aromatic rings. The smallest absolute Gasteiger partial charge is 0.174 e. The van der Waals surface area contributed by atoms with E-state index in [2.05, 4.69) is 73.3 Å². The van der Waals surface area contributed by atoms with Crippen LogP contribution < -0.4 is 15.1 Å². The number of hydrogen-bond acceptors (Lipinski definition) is 5. The molecule has 33 heavy (non-hydrogen) atoms. The number of ether oxygens (including phenoxy) is 2. The van der Waals surface area contributed by atoms with Gasteiger partial charge in [-0.05, 0) is 60.7 Å². The zero-order chi connectivity index (χ0) is 22.6. The number of aromatic nitrogens is 2. The van der Waals surface area contributed by atoms with Crippen LogP contribution in [-0.4, -0.2) is 54.7 Å². The van der Waals surface area contributed by atoms with E-state index in [9.17, 15) is 0 Å². The molecule has 0 spiro atoms. The van der Waals surface area contributed by atoms with Crippen molar-refractivity contribution in [2.24, 2.45) is 0 Å². The fourth-order valence-electron chi connectivity index (χ4n) is 4.67. The Morgan fingerprint density at radius 2 is 1.85 bits per heavy atom. The van der Waals surface area contributed by atoms with Crippen molar-refractivity contribution in [1.82, 2.24) is 14.9 Å². The minimum atomic E-state index is -0.0613. The molecule has 0 bridgehead atoms. The highest BCUT2D eigenvalue weighted by Gasteiger charge is 2.42. The third-order valence-electron chi connectivity index (χ3n) is 6.31. The monoisotopic (exact) mass is 463 g/mol. The topological polar surface area (TPSA) is 54.8 Å². The molecule has 2 aromatic heterocycles. The van der Waals surface area contributed by atoms with Crippen LogP contribution >= 0.6 is 12.2 Å². The van der Waals surface area contributed by atoms with Crippen molar-refractivity contribution >= 4 is 28.7 Å². The van der Waals surface area contributed by atoms with Gasteiger partial charge in [-0.25, -0.2) is 0 Å². The van der Waals surface area contributed by atoms with Crippen molar-refractivity contribution in [1.29, 1.82) is 0 Å². The summed E-state index contributed by atoms with van der Waals surface area (Å²) in [6.07, 6.45) is 3.94. The van der Waals surface area contributed by atoms with Crippen molar-refractivity contribution in [3.8, 4) is 0 Å². The van der Waals surface area contributed by atoms with Gasteiger partial charge in [-0.3, -0.25) is 4.98 Å². The van der Waals surface area contributed by atoms with Gasteiger partial charge in [0.05, 0.1) is 31.6 Å². The molecule has 2 unspecified atom stereocenters. The van der Waals surface area contributed by atoms with Crippen LogP contribution in [0.1, 0.15) is 23.5 Å². The van der Waals surface area contributed by atoms with Crippen molar-refractivity contribution in [3.05, 3.63) is 78.4 Å². The summed E-state index contributed by atoms with van der Waals surface area (Å²) in [4.78, 5) is 9.23. The van der Waals surface area contributed by atoms with Crippen LogP contribution in [0.5, 0.6) is 0 Å². The van der Waals surface area contributed by atoms with Crippen LogP contribution in [0.3, 0.4) is 0 Å². The molecule has 1 aromatic carbocycles. The maximum Gasteiger partial charge on any atom is 0.174 e. The van der Waals surface area contributed by atoms with Crippen molar-refractivity contribution < 1.29 is 9.47 Å². The van der Waals surface area contributed by atoms with Crippen LogP contribution in [0.25, 0.3) is 0 Å². The highest BCUT2D eigenvalue weighted by Crippen LogP contribution is 2.42. The second kappa shape index (κ2) is 9.91. The Morgan fingerprint density at radius 1 is 1.06 bits per heavy atom. The van der Waals surface area contributed by atoms with Gasteiger partial charge in [0.15, 0.2) is 5.11 Å². The molecule has 2 aliphatic rings. The average Bonchev–Trinajstić information content (AvgIpc) is 3.47. The molecule has 2 atom stereocenters. The van der Waals surface area contributed by atoms with Gasteiger partial charge in [-0.1, -0.05) is 6.07 Å². The van der Waals surface area contributed by atoms with Gasteiger partial charge in [-0.2, -0.15) is 0 Å². The highest BCUT2D eigenvalue weighted by molar-refractivity contribution is 7.80. The quantitative estimate of drug-likeness (QED) is 0.538. The van der Waals surface area contributed by atoms with E-state index in [1.165, 1.54) is 11.4 Å². The molecule has 0 amide bonds. The number of pyridine rings is 1. The van der Waals surface area contributed by atoms with Gasteiger partial charge in [0.2, 0.25) is 0 Å². The first-order valence-corrected chi connectivity index (χ1v) is 11.7. The van der Waals surface area contributed by atoms with Gasteiger partial charge in [0.25, 0.3) is 0 Å². The summed E-state index contributed by atoms with van der Waals surface area (Å²) < 4.78 is 13.1. The summed E-state index contributed by atoms with van der Waals surface area (Å²) in [6, 6.07) is 18.9. The van der Waals surface area contributed by atoms with E-state index in [1.54, 1.807) is 7.11 Å². The molecule has 8 heteroatoms. The summed E-state index contributed by atoms with van der Waals surface area (Å²) in [6.45, 7) is 4.80. The number of hydrogen-bond donors (Lipinski definition) is 1. The van der Waals surface area contributed by atoms with E-state index in [0.29, 0.717) is 11.7 Å². The van der Waals surface area contributed by atoms with Crippen LogP contribution in [0.15, 0.2) is 67.0 Å². The Hall–Kier alpha value is -2.94. The first-order valence-electron chi connectivity index (χ1n) is 11.3. The molecule has 7 nitrogen and oxygen atoms in total. The van der Waals surface area contributed by atoms with Gasteiger partial charge < -0.3 is 29.2 Å². The highest BCUT2D eigenvalue weighted by atomic mass is 32.1. The summed E-state index contributed by atoms with van der Waals surface area (Å²) >= 11 is 5.87. The van der Waals surface area contributed by atoms with Gasteiger partial charge in [-0.15, -0.1) is 0 Å². The largest absolute Gasteiger partial charge is 0.383 e. The van der Waals surface area contributed by atoms with Crippen molar-refractivity contribution in [2.45, 2.75) is 18.6 Å². The van der Waals surface area contributed by atoms with Crippen LogP contribution in [0.2, 0.25) is 0 Å². The zero-order valence-electron chi connectivity index (χ0n) is 18.8. The number of nitrogens with one attached hydrogen (secondary N) is 1. The van der Waals surface area contributed by atoms with E-state index in [0.717, 1.165) is 44.2 Å². The molecule has 0 radical (unpaired) electrons. The lowest BCUT2D eigenvalue weighted by atomic mass is 10.0. The first kappa shape index (κ1) is 21.9. The van der Waals surface area contributed by atoms with E-state index >= 15 is 0 Å². The van der Waals surface area contributed by atoms with Crippen LogP contribution in [-0.2, 0) is 16.0 Å². The SMILES string of the molecule is COCCn1cccc1C1C(c2ccccn2)NC(=S)N1c1ccc(N2CCOCC2)cc1. The lowest BCUT2D eigenvalue weighted by Crippen LogP contribution is -2.36. The summed E-state index contributed by atoms with van der Waals surface area (Å²) in [5, 5.41) is 4.24. The van der Waals surface area contributed by atoms with E-state index in [1.807, 2.05) is 18.3 Å². The predicted molar refractivity (Wildman–Crippen MR) is 134 cm³/mol. The van der Waals surface area contributed by atoms with E-state index in [-0.39, 0.29) is 12.1 Å². The van der Waals surface area contributed by atoms with Crippen molar-refractivity contribution in [2.75, 3.05) is 49.8 Å². The molecule has 0 saturated carbocycles. The fourth-order valence-corrected chi connectivity index (χ4v) is 5.01. The first-order chi connectivity index (χ1) is 16.3. The normalized spacial score (nSPS) is 20.8. The number of rotatable bonds is 7. The fraction of sp³-hybridized carbons (Fsp3) is 0.360. The third-order valence-corrected chi connectivity index (χ3v) is 6.62. The predicted octanol–water partition coefficient (Wildman–Crippen LogP) is 3.54. The molecule has 4 heterocycles. The van der Waals surface area contributed by atoms with E-state index in [4.69, 9.17) is 21.7 Å². The molecule has 1 N–H and O–H groups in total. The maximum absolute atomic E-state index is 5.87. The molecule has 2 aliphatic heterocycles. The average molecular weight is 464 g/mol. The summed E-state index contributed by atoms with van der Waals surface area (Å²) in [7, 11) is 1.73. The van der Waals surface area contributed by atoms with Crippen molar-refractivity contribution in [3.63, 3.8) is 0 Å². The number of anilines is 2. The number of morpholine rings is 1. The molecule has 172 valence electrons. The molecular formula is C25H29N5O2S. The molecule has 0 aliphatic carbocycles. The minimum Gasteiger partial charge on any atom is -0.383 e. The maximum atomic E-state index is 5.87. The Kier molecular flexibility index (Phi) is 6.57. The molecule has 2 fully saturated rings. The molecular weight excluding hydrogens is 434 g/mol. The van der Waals surface area contributed by atoms with Gasteiger partial charge in [0, 0.05) is 56.2 Å². The lowest BCUT2D eigenvalue weighted by Gasteiger charge is -2.31. The summed E-state index contributed by atoms with van der Waals surface area (Å²) in [5.74, 6) is 0. The third kappa shape index (κ3) is 4.46. The number of methoxy groups -OCH3 is 1. The Labute approximate surface area is 199 Å². The number of benzene rings is 1. The van der Waals surface area contributed by atoms with Gasteiger partial charge >= 0.3 is 0 Å².